The molecular weight excluding hydrogens is 326 g/mol. The van der Waals surface area contributed by atoms with Crippen LogP contribution in [0.15, 0.2) is 48.5 Å². The molecule has 2 rings (SSSR count). The van der Waals surface area contributed by atoms with Crippen LogP contribution in [0.3, 0.4) is 0 Å². The van der Waals surface area contributed by atoms with E-state index in [0.29, 0.717) is 16.5 Å². The molecule has 0 fully saturated rings. The first kappa shape index (κ1) is 17.7. The van der Waals surface area contributed by atoms with Crippen molar-refractivity contribution in [2.75, 3.05) is 19.0 Å². The van der Waals surface area contributed by atoms with Crippen LogP contribution in [0, 0.1) is 10.1 Å². The van der Waals surface area contributed by atoms with Crippen molar-refractivity contribution in [2.24, 2.45) is 0 Å². The molecule has 126 valence electrons. The summed E-state index contributed by atoms with van der Waals surface area (Å²) in [6, 6.07) is 14.6. The molecule has 0 aromatic heterocycles. The molecule has 24 heavy (non-hydrogen) atoms. The number of thiocarbonyl (C=S) groups is 1. The lowest BCUT2D eigenvalue weighted by molar-refractivity contribution is -0.384. The maximum atomic E-state index is 10.8. The van der Waals surface area contributed by atoms with Gasteiger partial charge in [-0.2, -0.15) is 0 Å². The van der Waals surface area contributed by atoms with Gasteiger partial charge in [0.15, 0.2) is 5.11 Å². The SMILES string of the molecule is COc1cc([N+](=O)[O-])ccc1NC(=S)NCCCc1ccccc1. The highest BCUT2D eigenvalue weighted by Crippen LogP contribution is 2.28. The average Bonchev–Trinajstić information content (AvgIpc) is 2.59. The van der Waals surface area contributed by atoms with Gasteiger partial charge in [0.25, 0.3) is 5.69 Å². The Labute approximate surface area is 146 Å². The Morgan fingerprint density at radius 1 is 1.25 bits per heavy atom. The zero-order valence-electron chi connectivity index (χ0n) is 13.3. The summed E-state index contributed by atoms with van der Waals surface area (Å²) in [5.41, 5.74) is 1.85. The first-order chi connectivity index (χ1) is 11.6. The maximum Gasteiger partial charge on any atom is 0.273 e. The molecule has 0 bridgehead atoms. The highest BCUT2D eigenvalue weighted by Gasteiger charge is 2.12. The molecule has 2 N–H and O–H groups in total. The molecule has 0 atom stereocenters. The normalized spacial score (nSPS) is 10.0. The maximum absolute atomic E-state index is 10.8. The van der Waals surface area contributed by atoms with Crippen LogP contribution in [0.5, 0.6) is 5.75 Å². The summed E-state index contributed by atoms with van der Waals surface area (Å²) in [6.45, 7) is 0.732. The number of rotatable bonds is 7. The quantitative estimate of drug-likeness (QED) is 0.346. The van der Waals surface area contributed by atoms with Crippen molar-refractivity contribution in [3.63, 3.8) is 0 Å². The van der Waals surface area contributed by atoms with Crippen LogP contribution < -0.4 is 15.4 Å². The van der Waals surface area contributed by atoms with Gasteiger partial charge in [-0.05, 0) is 36.7 Å². The first-order valence-corrected chi connectivity index (χ1v) is 7.92. The molecular formula is C17H19N3O3S. The number of hydrogen-bond acceptors (Lipinski definition) is 4. The van der Waals surface area contributed by atoms with E-state index in [1.165, 1.54) is 24.8 Å². The van der Waals surface area contributed by atoms with Crippen LogP contribution in [0.25, 0.3) is 0 Å². The van der Waals surface area contributed by atoms with Gasteiger partial charge in [0.1, 0.15) is 5.75 Å². The number of nitro benzene ring substituents is 1. The van der Waals surface area contributed by atoms with Crippen LogP contribution >= 0.6 is 12.2 Å². The fourth-order valence-electron chi connectivity index (χ4n) is 2.20. The minimum atomic E-state index is -0.466. The zero-order valence-corrected chi connectivity index (χ0v) is 14.1. The number of ether oxygens (including phenoxy) is 1. The van der Waals surface area contributed by atoms with E-state index in [1.807, 2.05) is 18.2 Å². The molecule has 2 aromatic carbocycles. The molecule has 0 saturated carbocycles. The lowest BCUT2D eigenvalue weighted by atomic mass is 10.1. The lowest BCUT2D eigenvalue weighted by Gasteiger charge is -2.13. The van der Waals surface area contributed by atoms with Gasteiger partial charge in [0.05, 0.1) is 23.8 Å². The molecule has 6 nitrogen and oxygen atoms in total. The number of anilines is 1. The summed E-state index contributed by atoms with van der Waals surface area (Å²) in [7, 11) is 1.46. The van der Waals surface area contributed by atoms with Gasteiger partial charge < -0.3 is 15.4 Å². The zero-order chi connectivity index (χ0) is 17.4. The number of benzene rings is 2. The number of nitrogens with one attached hydrogen (secondary N) is 2. The second kappa shape index (κ2) is 8.83. The third-order valence-electron chi connectivity index (χ3n) is 3.41. The van der Waals surface area contributed by atoms with Gasteiger partial charge in [-0.25, -0.2) is 0 Å². The van der Waals surface area contributed by atoms with Crippen LogP contribution in [-0.2, 0) is 6.42 Å². The van der Waals surface area contributed by atoms with Crippen molar-refractivity contribution in [1.29, 1.82) is 0 Å². The predicted octanol–water partition coefficient (Wildman–Crippen LogP) is 3.52. The molecule has 7 heteroatoms. The molecule has 0 spiro atoms. The summed E-state index contributed by atoms with van der Waals surface area (Å²) in [4.78, 5) is 10.3. The van der Waals surface area contributed by atoms with E-state index in [2.05, 4.69) is 22.8 Å². The van der Waals surface area contributed by atoms with E-state index in [1.54, 1.807) is 6.07 Å². The van der Waals surface area contributed by atoms with E-state index in [4.69, 9.17) is 17.0 Å². The minimum absolute atomic E-state index is 0.0286. The number of nitro groups is 1. The highest BCUT2D eigenvalue weighted by molar-refractivity contribution is 7.80. The van der Waals surface area contributed by atoms with Gasteiger partial charge in [-0.3, -0.25) is 10.1 Å². The first-order valence-electron chi connectivity index (χ1n) is 7.51. The Balaban J connectivity index is 1.82. The van der Waals surface area contributed by atoms with Gasteiger partial charge in [-0.15, -0.1) is 0 Å². The molecule has 2 aromatic rings. The number of hydrogen-bond donors (Lipinski definition) is 2. The van der Waals surface area contributed by atoms with Crippen LogP contribution in [0.1, 0.15) is 12.0 Å². The second-order valence-corrected chi connectivity index (χ2v) is 5.52. The molecule has 0 aliphatic heterocycles. The van der Waals surface area contributed by atoms with Crippen molar-refractivity contribution >= 4 is 28.7 Å². The van der Waals surface area contributed by atoms with Crippen molar-refractivity contribution in [1.82, 2.24) is 5.32 Å². The summed E-state index contributed by atoms with van der Waals surface area (Å²) in [5, 5.41) is 17.4. The minimum Gasteiger partial charge on any atom is -0.494 e. The highest BCUT2D eigenvalue weighted by atomic mass is 32.1. The summed E-state index contributed by atoms with van der Waals surface area (Å²) in [5.74, 6) is 0.373. The largest absolute Gasteiger partial charge is 0.494 e. The molecule has 0 aliphatic rings. The van der Waals surface area contributed by atoms with Crippen molar-refractivity contribution < 1.29 is 9.66 Å². The monoisotopic (exact) mass is 345 g/mol. The molecule has 0 unspecified atom stereocenters. The average molecular weight is 345 g/mol. The molecule has 0 aliphatic carbocycles. The molecule has 0 saturated heterocycles. The van der Waals surface area contributed by atoms with Gasteiger partial charge in [-0.1, -0.05) is 30.3 Å². The lowest BCUT2D eigenvalue weighted by Crippen LogP contribution is -2.29. The number of nitrogens with zero attached hydrogens (tertiary/aromatic N) is 1. The van der Waals surface area contributed by atoms with Gasteiger partial charge >= 0.3 is 0 Å². The molecule has 0 amide bonds. The van der Waals surface area contributed by atoms with Crippen LogP contribution in [0.4, 0.5) is 11.4 Å². The molecule has 0 heterocycles. The van der Waals surface area contributed by atoms with E-state index >= 15 is 0 Å². The Morgan fingerprint density at radius 2 is 2.00 bits per heavy atom. The Bertz CT molecular complexity index is 707. The Hall–Kier alpha value is -2.67. The predicted molar refractivity (Wildman–Crippen MR) is 98.6 cm³/mol. The van der Waals surface area contributed by atoms with E-state index in [-0.39, 0.29) is 5.69 Å². The summed E-state index contributed by atoms with van der Waals surface area (Å²) >= 11 is 5.25. The fraction of sp³-hybridized carbons (Fsp3) is 0.235. The van der Waals surface area contributed by atoms with E-state index in [9.17, 15) is 10.1 Å². The van der Waals surface area contributed by atoms with E-state index < -0.39 is 4.92 Å². The Morgan fingerprint density at radius 3 is 2.67 bits per heavy atom. The standard InChI is InChI=1S/C17H19N3O3S/c1-23-16-12-14(20(21)22)9-10-15(16)19-17(24)18-11-5-8-13-6-3-2-4-7-13/h2-4,6-7,9-10,12H,5,8,11H2,1H3,(H2,18,19,24). The number of aryl methyl sites for hydroxylation is 1. The van der Waals surface area contributed by atoms with Gasteiger partial charge in [0, 0.05) is 12.6 Å². The summed E-state index contributed by atoms with van der Waals surface area (Å²) in [6.07, 6.45) is 1.92. The Kier molecular flexibility index (Phi) is 6.51. The number of non-ortho nitro benzene ring substituents is 1. The van der Waals surface area contributed by atoms with Gasteiger partial charge in [0.2, 0.25) is 0 Å². The van der Waals surface area contributed by atoms with Crippen molar-refractivity contribution in [2.45, 2.75) is 12.8 Å². The van der Waals surface area contributed by atoms with Crippen molar-refractivity contribution in [3.05, 3.63) is 64.2 Å². The molecule has 0 radical (unpaired) electrons. The second-order valence-electron chi connectivity index (χ2n) is 5.11. The fourth-order valence-corrected chi connectivity index (χ4v) is 2.41. The topological polar surface area (TPSA) is 76.4 Å². The third kappa shape index (κ3) is 5.20. The van der Waals surface area contributed by atoms with Crippen molar-refractivity contribution in [3.8, 4) is 5.75 Å². The van der Waals surface area contributed by atoms with E-state index in [0.717, 1.165) is 19.4 Å². The van der Waals surface area contributed by atoms with Crippen LogP contribution in [-0.4, -0.2) is 23.7 Å². The summed E-state index contributed by atoms with van der Waals surface area (Å²) < 4.78 is 5.17. The number of methoxy groups -OCH3 is 1. The third-order valence-corrected chi connectivity index (χ3v) is 3.66. The van der Waals surface area contributed by atoms with Crippen LogP contribution in [0.2, 0.25) is 0 Å². The smallest absolute Gasteiger partial charge is 0.273 e.